The van der Waals surface area contributed by atoms with E-state index >= 15 is 0 Å². The molecular weight excluding hydrogens is 342 g/mol. The summed E-state index contributed by atoms with van der Waals surface area (Å²) in [6.07, 6.45) is 2.64. The molecule has 0 spiro atoms. The summed E-state index contributed by atoms with van der Waals surface area (Å²) in [6, 6.07) is 15.2. The van der Waals surface area contributed by atoms with Crippen LogP contribution in [0.1, 0.15) is 12.0 Å². The second kappa shape index (κ2) is 7.61. The number of rotatable bonds is 5. The first-order chi connectivity index (χ1) is 13.2. The highest BCUT2D eigenvalue weighted by Gasteiger charge is 2.19. The van der Waals surface area contributed by atoms with Gasteiger partial charge in [0.05, 0.1) is 23.8 Å². The number of amides is 1. The van der Waals surface area contributed by atoms with Crippen LogP contribution in [0.5, 0.6) is 5.75 Å². The lowest BCUT2D eigenvalue weighted by Gasteiger charge is -2.25. The maximum Gasteiger partial charge on any atom is 0.261 e. The summed E-state index contributed by atoms with van der Waals surface area (Å²) in [4.78, 5) is 28.9. The lowest BCUT2D eigenvalue weighted by Crippen LogP contribution is -2.35. The molecule has 0 saturated carbocycles. The molecule has 138 valence electrons. The SMILES string of the molecule is O=C(CCn1cnc2ccccc2c1=O)NC[C@H]1COc2ccccc2C1. The van der Waals surface area contributed by atoms with Crippen molar-refractivity contribution in [3.8, 4) is 5.75 Å². The van der Waals surface area contributed by atoms with E-state index in [0.717, 1.165) is 12.2 Å². The monoisotopic (exact) mass is 363 g/mol. The summed E-state index contributed by atoms with van der Waals surface area (Å²) in [7, 11) is 0. The molecule has 0 aliphatic carbocycles. The van der Waals surface area contributed by atoms with Crippen molar-refractivity contribution in [2.24, 2.45) is 5.92 Å². The molecule has 0 saturated heterocycles. The number of benzene rings is 2. The van der Waals surface area contributed by atoms with Crippen LogP contribution in [0, 0.1) is 5.92 Å². The summed E-state index contributed by atoms with van der Waals surface area (Å²) >= 11 is 0. The van der Waals surface area contributed by atoms with Gasteiger partial charge in [-0.15, -0.1) is 0 Å². The van der Waals surface area contributed by atoms with E-state index in [1.807, 2.05) is 30.3 Å². The Bertz CT molecular complexity index is 1030. The molecule has 1 N–H and O–H groups in total. The quantitative estimate of drug-likeness (QED) is 0.754. The van der Waals surface area contributed by atoms with Crippen molar-refractivity contribution in [3.05, 3.63) is 70.8 Å². The average molecular weight is 363 g/mol. The van der Waals surface area contributed by atoms with Gasteiger partial charge < -0.3 is 10.1 Å². The number of carbonyl (C=O) groups excluding carboxylic acids is 1. The molecule has 6 heteroatoms. The fraction of sp³-hybridized carbons (Fsp3) is 0.286. The molecule has 3 aromatic rings. The Morgan fingerprint density at radius 1 is 1.19 bits per heavy atom. The van der Waals surface area contributed by atoms with E-state index < -0.39 is 0 Å². The summed E-state index contributed by atoms with van der Waals surface area (Å²) in [5, 5.41) is 3.52. The van der Waals surface area contributed by atoms with Gasteiger partial charge >= 0.3 is 0 Å². The van der Waals surface area contributed by atoms with Gasteiger partial charge in [0.1, 0.15) is 5.75 Å². The van der Waals surface area contributed by atoms with Crippen molar-refractivity contribution in [3.63, 3.8) is 0 Å². The molecule has 1 aliphatic rings. The molecular formula is C21H21N3O3. The first kappa shape index (κ1) is 17.3. The highest BCUT2D eigenvalue weighted by molar-refractivity contribution is 5.77. The van der Waals surface area contributed by atoms with E-state index in [1.165, 1.54) is 16.5 Å². The molecule has 2 heterocycles. The second-order valence-electron chi connectivity index (χ2n) is 6.80. The third-order valence-electron chi connectivity index (χ3n) is 4.85. The second-order valence-corrected chi connectivity index (χ2v) is 6.80. The molecule has 27 heavy (non-hydrogen) atoms. The van der Waals surface area contributed by atoms with Crippen molar-refractivity contribution in [2.75, 3.05) is 13.2 Å². The number of aromatic nitrogens is 2. The smallest absolute Gasteiger partial charge is 0.261 e. The van der Waals surface area contributed by atoms with Gasteiger partial charge in [0, 0.05) is 25.4 Å². The number of nitrogens with one attached hydrogen (secondary N) is 1. The summed E-state index contributed by atoms with van der Waals surface area (Å²) in [6.45, 7) is 1.48. The lowest BCUT2D eigenvalue weighted by molar-refractivity contribution is -0.121. The van der Waals surface area contributed by atoms with Gasteiger partial charge in [-0.25, -0.2) is 4.98 Å². The van der Waals surface area contributed by atoms with Crippen LogP contribution in [0.4, 0.5) is 0 Å². The van der Waals surface area contributed by atoms with E-state index in [2.05, 4.69) is 16.4 Å². The van der Waals surface area contributed by atoms with E-state index in [0.29, 0.717) is 30.6 Å². The predicted octanol–water partition coefficient (Wildman–Crippen LogP) is 2.15. The number of aryl methyl sites for hydroxylation is 1. The summed E-state index contributed by atoms with van der Waals surface area (Å²) in [5.74, 6) is 1.12. The maximum atomic E-state index is 12.4. The molecule has 1 aromatic heterocycles. The topological polar surface area (TPSA) is 73.2 Å². The van der Waals surface area contributed by atoms with Crippen LogP contribution in [0.25, 0.3) is 10.9 Å². The molecule has 0 radical (unpaired) electrons. The Labute approximate surface area is 156 Å². The minimum absolute atomic E-state index is 0.0751. The summed E-state index contributed by atoms with van der Waals surface area (Å²) in [5.41, 5.74) is 1.73. The highest BCUT2D eigenvalue weighted by Crippen LogP contribution is 2.26. The van der Waals surface area contributed by atoms with Crippen molar-refractivity contribution >= 4 is 16.8 Å². The number of ether oxygens (including phenoxy) is 1. The molecule has 1 amide bonds. The Kier molecular flexibility index (Phi) is 4.87. The highest BCUT2D eigenvalue weighted by atomic mass is 16.5. The fourth-order valence-corrected chi connectivity index (χ4v) is 3.36. The van der Waals surface area contributed by atoms with Crippen LogP contribution in [0.3, 0.4) is 0 Å². The number of nitrogens with zero attached hydrogens (tertiary/aromatic N) is 2. The van der Waals surface area contributed by atoms with Gasteiger partial charge in [-0.3, -0.25) is 14.2 Å². The number of fused-ring (bicyclic) bond motifs is 2. The summed E-state index contributed by atoms with van der Waals surface area (Å²) < 4.78 is 7.24. The molecule has 6 nitrogen and oxygen atoms in total. The van der Waals surface area contributed by atoms with Crippen molar-refractivity contribution < 1.29 is 9.53 Å². The largest absolute Gasteiger partial charge is 0.493 e. The van der Waals surface area contributed by atoms with Gasteiger partial charge in [0.25, 0.3) is 5.56 Å². The molecule has 1 aliphatic heterocycles. The standard InChI is InChI=1S/C21H21N3O3/c25-20(22-12-15-11-16-5-1-4-8-19(16)27-13-15)9-10-24-14-23-18-7-3-2-6-17(18)21(24)26/h1-8,14-15H,9-13H2,(H,22,25)/t15-/m0/s1. The van der Waals surface area contributed by atoms with Gasteiger partial charge in [-0.1, -0.05) is 30.3 Å². The first-order valence-corrected chi connectivity index (χ1v) is 9.12. The maximum absolute atomic E-state index is 12.4. The van der Waals surface area contributed by atoms with Crippen molar-refractivity contribution in [1.82, 2.24) is 14.9 Å². The van der Waals surface area contributed by atoms with Crippen LogP contribution in [0.2, 0.25) is 0 Å². The average Bonchev–Trinajstić information content (AvgIpc) is 2.72. The normalized spacial score (nSPS) is 15.8. The third-order valence-corrected chi connectivity index (χ3v) is 4.85. The number of hydrogen-bond acceptors (Lipinski definition) is 4. The number of hydrogen-bond donors (Lipinski definition) is 1. The van der Waals surface area contributed by atoms with Gasteiger partial charge in [0.2, 0.25) is 5.91 Å². The minimum Gasteiger partial charge on any atom is -0.493 e. The van der Waals surface area contributed by atoms with Crippen LogP contribution in [-0.2, 0) is 17.8 Å². The van der Waals surface area contributed by atoms with Gasteiger partial charge in [0.15, 0.2) is 0 Å². The van der Waals surface area contributed by atoms with E-state index in [1.54, 1.807) is 12.1 Å². The third kappa shape index (κ3) is 3.84. The van der Waals surface area contributed by atoms with Crippen LogP contribution >= 0.6 is 0 Å². The van der Waals surface area contributed by atoms with Crippen LogP contribution in [0.15, 0.2) is 59.7 Å². The van der Waals surface area contributed by atoms with Crippen molar-refractivity contribution in [1.29, 1.82) is 0 Å². The van der Waals surface area contributed by atoms with E-state index in [-0.39, 0.29) is 23.8 Å². The molecule has 0 bridgehead atoms. The van der Waals surface area contributed by atoms with Gasteiger partial charge in [-0.2, -0.15) is 0 Å². The Morgan fingerprint density at radius 3 is 2.93 bits per heavy atom. The molecule has 1 atom stereocenters. The molecule has 0 unspecified atom stereocenters. The minimum atomic E-state index is -0.120. The van der Waals surface area contributed by atoms with Crippen LogP contribution < -0.4 is 15.6 Å². The fourth-order valence-electron chi connectivity index (χ4n) is 3.36. The Hall–Kier alpha value is -3.15. The molecule has 2 aromatic carbocycles. The van der Waals surface area contributed by atoms with E-state index in [9.17, 15) is 9.59 Å². The number of para-hydroxylation sites is 2. The number of carbonyl (C=O) groups is 1. The lowest BCUT2D eigenvalue weighted by atomic mass is 9.97. The molecule has 0 fully saturated rings. The Morgan fingerprint density at radius 2 is 2.00 bits per heavy atom. The zero-order chi connectivity index (χ0) is 18.6. The Balaban J connectivity index is 1.31. The van der Waals surface area contributed by atoms with Gasteiger partial charge in [-0.05, 0) is 30.2 Å². The zero-order valence-corrected chi connectivity index (χ0v) is 14.9. The zero-order valence-electron chi connectivity index (χ0n) is 14.9. The van der Waals surface area contributed by atoms with E-state index in [4.69, 9.17) is 4.74 Å². The predicted molar refractivity (Wildman–Crippen MR) is 103 cm³/mol. The van der Waals surface area contributed by atoms with Crippen molar-refractivity contribution in [2.45, 2.75) is 19.4 Å². The first-order valence-electron chi connectivity index (χ1n) is 9.12. The van der Waals surface area contributed by atoms with Crippen LogP contribution in [-0.4, -0.2) is 28.6 Å². The molecule has 4 rings (SSSR count).